The van der Waals surface area contributed by atoms with Crippen LogP contribution in [0.4, 0.5) is 0 Å². The lowest BCUT2D eigenvalue weighted by molar-refractivity contribution is -0.136. The zero-order valence-electron chi connectivity index (χ0n) is 9.29. The molecule has 1 rings (SSSR count). The second kappa shape index (κ2) is 5.77. The Labute approximate surface area is 95.6 Å². The molecule has 0 heterocycles. The highest BCUT2D eigenvalue weighted by atomic mass is 16.4. The maximum atomic E-state index is 10.4. The summed E-state index contributed by atoms with van der Waals surface area (Å²) < 4.78 is 0. The summed E-state index contributed by atoms with van der Waals surface area (Å²) in [5.41, 5.74) is 2.76. The van der Waals surface area contributed by atoms with E-state index in [2.05, 4.69) is 18.4 Å². The number of allylic oxidation sites excluding steroid dienone is 1. The lowest BCUT2D eigenvalue weighted by Crippen LogP contribution is -1.97. The average molecular weight is 214 g/mol. The van der Waals surface area contributed by atoms with Crippen molar-refractivity contribution >= 4 is 5.97 Å². The minimum absolute atomic E-state index is 0.163. The fourth-order valence-corrected chi connectivity index (χ4v) is 1.18. The molecule has 0 radical (unpaired) electrons. The molecule has 82 valence electrons. The summed E-state index contributed by atoms with van der Waals surface area (Å²) in [7, 11) is 0. The number of carboxylic acid groups (broad SMARTS) is 1. The summed E-state index contributed by atoms with van der Waals surface area (Å²) in [6.45, 7) is 5.55. The SMILES string of the molecule is C=C(C)C#Cc1ccc(CCC(=O)O)cc1. The van der Waals surface area contributed by atoms with E-state index in [4.69, 9.17) is 5.11 Å². The van der Waals surface area contributed by atoms with Gasteiger partial charge in [0, 0.05) is 12.0 Å². The molecule has 1 aromatic carbocycles. The highest BCUT2D eigenvalue weighted by Gasteiger charge is 1.98. The van der Waals surface area contributed by atoms with Crippen molar-refractivity contribution in [1.29, 1.82) is 0 Å². The standard InChI is InChI=1S/C14H14O2/c1-11(2)3-4-12-5-7-13(8-6-12)9-10-14(15)16/h5-8H,1,9-10H2,2H3,(H,15,16). The first-order valence-electron chi connectivity index (χ1n) is 5.06. The van der Waals surface area contributed by atoms with Gasteiger partial charge >= 0.3 is 5.97 Å². The molecular weight excluding hydrogens is 200 g/mol. The molecule has 0 aromatic heterocycles. The van der Waals surface area contributed by atoms with E-state index in [0.717, 1.165) is 16.7 Å². The number of aliphatic carboxylic acids is 1. The van der Waals surface area contributed by atoms with Crippen molar-refractivity contribution in [1.82, 2.24) is 0 Å². The van der Waals surface area contributed by atoms with Gasteiger partial charge in [0.15, 0.2) is 0 Å². The summed E-state index contributed by atoms with van der Waals surface area (Å²) in [5.74, 6) is 5.09. The third-order valence-corrected chi connectivity index (χ3v) is 2.00. The van der Waals surface area contributed by atoms with Crippen molar-refractivity contribution in [2.45, 2.75) is 19.8 Å². The van der Waals surface area contributed by atoms with Crippen LogP contribution >= 0.6 is 0 Å². The zero-order chi connectivity index (χ0) is 12.0. The number of hydrogen-bond donors (Lipinski definition) is 1. The Kier molecular flexibility index (Phi) is 4.35. The van der Waals surface area contributed by atoms with Gasteiger partial charge in [-0.2, -0.15) is 0 Å². The lowest BCUT2D eigenvalue weighted by Gasteiger charge is -1.98. The maximum Gasteiger partial charge on any atom is 0.303 e. The van der Waals surface area contributed by atoms with Gasteiger partial charge in [-0.1, -0.05) is 30.6 Å². The molecule has 1 N–H and O–H groups in total. The van der Waals surface area contributed by atoms with Crippen molar-refractivity contribution in [3.8, 4) is 11.8 Å². The smallest absolute Gasteiger partial charge is 0.303 e. The maximum absolute atomic E-state index is 10.4. The van der Waals surface area contributed by atoms with Crippen LogP contribution in [0.25, 0.3) is 0 Å². The number of carbonyl (C=O) groups is 1. The van der Waals surface area contributed by atoms with Crippen LogP contribution in [0.3, 0.4) is 0 Å². The monoisotopic (exact) mass is 214 g/mol. The molecule has 0 saturated heterocycles. The Morgan fingerprint density at radius 1 is 1.38 bits per heavy atom. The van der Waals surface area contributed by atoms with Gasteiger partial charge in [0.2, 0.25) is 0 Å². The van der Waals surface area contributed by atoms with Gasteiger partial charge in [0.25, 0.3) is 0 Å². The molecule has 2 heteroatoms. The molecule has 0 saturated carbocycles. The summed E-state index contributed by atoms with van der Waals surface area (Å²) in [5, 5.41) is 8.54. The summed E-state index contributed by atoms with van der Waals surface area (Å²) in [6.07, 6.45) is 0.723. The molecule has 1 aromatic rings. The first-order valence-corrected chi connectivity index (χ1v) is 5.06. The van der Waals surface area contributed by atoms with Gasteiger partial charge in [0.1, 0.15) is 0 Å². The fourth-order valence-electron chi connectivity index (χ4n) is 1.18. The van der Waals surface area contributed by atoms with Crippen molar-refractivity contribution in [2.75, 3.05) is 0 Å². The molecule has 0 spiro atoms. The molecule has 0 unspecified atom stereocenters. The van der Waals surface area contributed by atoms with Crippen LogP contribution < -0.4 is 0 Å². The van der Waals surface area contributed by atoms with E-state index < -0.39 is 5.97 Å². The van der Waals surface area contributed by atoms with Crippen molar-refractivity contribution in [3.63, 3.8) is 0 Å². The minimum Gasteiger partial charge on any atom is -0.481 e. The van der Waals surface area contributed by atoms with Crippen molar-refractivity contribution < 1.29 is 9.90 Å². The first kappa shape index (κ1) is 12.1. The van der Waals surface area contributed by atoms with Crippen molar-refractivity contribution in [2.24, 2.45) is 0 Å². The van der Waals surface area contributed by atoms with Gasteiger partial charge in [-0.05, 0) is 36.6 Å². The second-order valence-electron chi connectivity index (χ2n) is 3.62. The quantitative estimate of drug-likeness (QED) is 0.785. The molecule has 0 fully saturated rings. The summed E-state index contributed by atoms with van der Waals surface area (Å²) >= 11 is 0. The van der Waals surface area contributed by atoms with Gasteiger partial charge in [-0.3, -0.25) is 4.79 Å². The van der Waals surface area contributed by atoms with Crippen LogP contribution in [-0.4, -0.2) is 11.1 Å². The predicted molar refractivity (Wildman–Crippen MR) is 64.1 cm³/mol. The molecule has 0 amide bonds. The highest BCUT2D eigenvalue weighted by molar-refractivity contribution is 5.67. The van der Waals surface area contributed by atoms with Crippen molar-refractivity contribution in [3.05, 3.63) is 47.5 Å². The van der Waals surface area contributed by atoms with Crippen LogP contribution in [0, 0.1) is 11.8 Å². The van der Waals surface area contributed by atoms with Gasteiger partial charge in [-0.25, -0.2) is 0 Å². The van der Waals surface area contributed by atoms with Crippen LogP contribution in [0.1, 0.15) is 24.5 Å². The van der Waals surface area contributed by atoms with Gasteiger partial charge in [-0.15, -0.1) is 0 Å². The van der Waals surface area contributed by atoms with E-state index in [1.165, 1.54) is 0 Å². The van der Waals surface area contributed by atoms with E-state index in [0.29, 0.717) is 6.42 Å². The third-order valence-electron chi connectivity index (χ3n) is 2.00. The Morgan fingerprint density at radius 2 is 2.00 bits per heavy atom. The zero-order valence-corrected chi connectivity index (χ0v) is 9.29. The molecule has 16 heavy (non-hydrogen) atoms. The number of rotatable bonds is 3. The molecule has 2 nitrogen and oxygen atoms in total. The second-order valence-corrected chi connectivity index (χ2v) is 3.62. The normalized spacial score (nSPS) is 9.06. The van der Waals surface area contributed by atoms with Crippen LogP contribution in [-0.2, 0) is 11.2 Å². The minimum atomic E-state index is -0.772. The van der Waals surface area contributed by atoms with Gasteiger partial charge in [0.05, 0.1) is 0 Å². The highest BCUT2D eigenvalue weighted by Crippen LogP contribution is 2.06. The van der Waals surface area contributed by atoms with E-state index in [1.807, 2.05) is 31.2 Å². The molecular formula is C14H14O2. The largest absolute Gasteiger partial charge is 0.481 e. The van der Waals surface area contributed by atoms with Gasteiger partial charge < -0.3 is 5.11 Å². The van der Waals surface area contributed by atoms with E-state index >= 15 is 0 Å². The Balaban J connectivity index is 2.65. The number of hydrogen-bond acceptors (Lipinski definition) is 1. The molecule has 0 bridgehead atoms. The summed E-state index contributed by atoms with van der Waals surface area (Å²) in [4.78, 5) is 10.4. The Hall–Kier alpha value is -2.01. The topological polar surface area (TPSA) is 37.3 Å². The molecule has 0 aliphatic rings. The van der Waals surface area contributed by atoms with E-state index in [-0.39, 0.29) is 6.42 Å². The lowest BCUT2D eigenvalue weighted by atomic mass is 10.1. The molecule has 0 atom stereocenters. The summed E-state index contributed by atoms with van der Waals surface area (Å²) in [6, 6.07) is 7.61. The predicted octanol–water partition coefficient (Wildman–Crippen LogP) is 2.63. The number of aryl methyl sites for hydroxylation is 1. The Bertz CT molecular complexity index is 444. The third kappa shape index (κ3) is 4.47. The van der Waals surface area contributed by atoms with E-state index in [1.54, 1.807) is 0 Å². The first-order chi connectivity index (χ1) is 7.58. The Morgan fingerprint density at radius 3 is 2.50 bits per heavy atom. The number of carboxylic acids is 1. The van der Waals surface area contributed by atoms with Crippen LogP contribution in [0.2, 0.25) is 0 Å². The average Bonchev–Trinajstić information content (AvgIpc) is 2.25. The fraction of sp³-hybridized carbons (Fsp3) is 0.214. The van der Waals surface area contributed by atoms with Crippen LogP contribution in [0.5, 0.6) is 0 Å². The van der Waals surface area contributed by atoms with E-state index in [9.17, 15) is 4.79 Å². The number of benzene rings is 1. The molecule has 0 aliphatic carbocycles. The molecule has 0 aliphatic heterocycles. The van der Waals surface area contributed by atoms with Crippen LogP contribution in [0.15, 0.2) is 36.4 Å².